The molecule has 0 aliphatic carbocycles. The van der Waals surface area contributed by atoms with Gasteiger partial charge in [-0.3, -0.25) is 0 Å². The fraction of sp³-hybridized carbons (Fsp3) is 0.867. The van der Waals surface area contributed by atoms with Crippen LogP contribution in [0, 0.1) is 5.92 Å². The monoisotopic (exact) mass is 226 g/mol. The van der Waals surface area contributed by atoms with E-state index in [0.29, 0.717) is 12.5 Å². The lowest BCUT2D eigenvalue weighted by Crippen LogP contribution is -1.84. The van der Waals surface area contributed by atoms with Crippen molar-refractivity contribution < 1.29 is 5.11 Å². The van der Waals surface area contributed by atoms with Gasteiger partial charge in [-0.15, -0.1) is 0 Å². The first-order valence-electron chi connectivity index (χ1n) is 7.05. The van der Waals surface area contributed by atoms with Gasteiger partial charge in [-0.2, -0.15) is 0 Å². The van der Waals surface area contributed by atoms with E-state index in [2.05, 4.69) is 26.0 Å². The highest BCUT2D eigenvalue weighted by Gasteiger charge is 1.91. The van der Waals surface area contributed by atoms with E-state index < -0.39 is 0 Å². The molecule has 0 bridgehead atoms. The van der Waals surface area contributed by atoms with Gasteiger partial charge in [0.05, 0.1) is 0 Å². The lowest BCUT2D eigenvalue weighted by molar-refractivity contribution is 0.282. The highest BCUT2D eigenvalue weighted by atomic mass is 16.2. The van der Waals surface area contributed by atoms with Gasteiger partial charge in [-0.05, 0) is 25.2 Å². The Morgan fingerprint density at radius 2 is 1.31 bits per heavy atom. The van der Waals surface area contributed by atoms with Crippen LogP contribution in [0.5, 0.6) is 0 Å². The summed E-state index contributed by atoms with van der Waals surface area (Å²) < 4.78 is 0. The highest BCUT2D eigenvalue weighted by molar-refractivity contribution is 4.83. The average molecular weight is 226 g/mol. The first-order chi connectivity index (χ1) is 7.77. The fourth-order valence-corrected chi connectivity index (χ4v) is 1.80. The van der Waals surface area contributed by atoms with Crippen molar-refractivity contribution in [2.75, 3.05) is 6.61 Å². The molecule has 0 aliphatic rings. The van der Waals surface area contributed by atoms with Gasteiger partial charge < -0.3 is 5.11 Å². The SMILES string of the molecule is CC(C)/C=C/CCCCCCCCCCO. The molecule has 0 atom stereocenters. The molecule has 0 heterocycles. The van der Waals surface area contributed by atoms with Gasteiger partial charge >= 0.3 is 0 Å². The molecule has 0 aromatic heterocycles. The Kier molecular flexibility index (Phi) is 12.5. The molecule has 0 aromatic rings. The third kappa shape index (κ3) is 13.7. The van der Waals surface area contributed by atoms with Gasteiger partial charge in [0.1, 0.15) is 0 Å². The number of unbranched alkanes of at least 4 members (excludes halogenated alkanes) is 8. The van der Waals surface area contributed by atoms with Gasteiger partial charge in [0, 0.05) is 6.61 Å². The smallest absolute Gasteiger partial charge is 0.0431 e. The summed E-state index contributed by atoms with van der Waals surface area (Å²) in [5.41, 5.74) is 0. The molecule has 0 unspecified atom stereocenters. The van der Waals surface area contributed by atoms with Crippen molar-refractivity contribution in [2.24, 2.45) is 5.92 Å². The molecule has 0 aromatic carbocycles. The van der Waals surface area contributed by atoms with Crippen molar-refractivity contribution in [2.45, 2.75) is 71.6 Å². The Hall–Kier alpha value is -0.300. The number of hydrogen-bond acceptors (Lipinski definition) is 1. The zero-order valence-corrected chi connectivity index (χ0v) is 11.3. The predicted octanol–water partition coefficient (Wildman–Crippen LogP) is 4.70. The number of aliphatic hydroxyl groups excluding tert-OH is 1. The molecule has 1 N–H and O–H groups in total. The van der Waals surface area contributed by atoms with Gasteiger partial charge in [-0.1, -0.05) is 64.5 Å². The number of allylic oxidation sites excluding steroid dienone is 2. The number of hydrogen-bond donors (Lipinski definition) is 1. The zero-order chi connectivity index (χ0) is 12.1. The van der Waals surface area contributed by atoms with Crippen LogP contribution in [0.1, 0.15) is 71.6 Å². The molecule has 0 spiro atoms. The summed E-state index contributed by atoms with van der Waals surface area (Å²) in [5.74, 6) is 0.700. The zero-order valence-electron chi connectivity index (χ0n) is 11.3. The standard InChI is InChI=1S/C15H30O/c1-15(2)13-11-9-7-5-3-4-6-8-10-12-14-16/h11,13,15-16H,3-10,12,14H2,1-2H3/b13-11+. The van der Waals surface area contributed by atoms with Crippen molar-refractivity contribution in [1.82, 2.24) is 0 Å². The van der Waals surface area contributed by atoms with E-state index in [1.165, 1.54) is 51.4 Å². The molecule has 16 heavy (non-hydrogen) atoms. The molecule has 0 saturated carbocycles. The minimum Gasteiger partial charge on any atom is -0.396 e. The average Bonchev–Trinajstić information content (AvgIpc) is 2.25. The third-order valence-corrected chi connectivity index (χ3v) is 2.80. The second-order valence-corrected chi connectivity index (χ2v) is 5.01. The van der Waals surface area contributed by atoms with Crippen LogP contribution < -0.4 is 0 Å². The fourth-order valence-electron chi connectivity index (χ4n) is 1.80. The van der Waals surface area contributed by atoms with E-state index in [9.17, 15) is 0 Å². The lowest BCUT2D eigenvalue weighted by Gasteiger charge is -2.00. The van der Waals surface area contributed by atoms with Crippen LogP contribution in [0.25, 0.3) is 0 Å². The molecule has 0 amide bonds. The Morgan fingerprint density at radius 1 is 0.812 bits per heavy atom. The largest absolute Gasteiger partial charge is 0.396 e. The number of rotatable bonds is 11. The molecule has 1 nitrogen and oxygen atoms in total. The molecular weight excluding hydrogens is 196 g/mol. The van der Waals surface area contributed by atoms with Crippen molar-refractivity contribution in [1.29, 1.82) is 0 Å². The van der Waals surface area contributed by atoms with Gasteiger partial charge in [0.2, 0.25) is 0 Å². The van der Waals surface area contributed by atoms with Crippen LogP contribution >= 0.6 is 0 Å². The van der Waals surface area contributed by atoms with Crippen molar-refractivity contribution in [3.63, 3.8) is 0 Å². The maximum absolute atomic E-state index is 8.62. The van der Waals surface area contributed by atoms with E-state index in [-0.39, 0.29) is 0 Å². The minimum atomic E-state index is 0.363. The number of aliphatic hydroxyl groups is 1. The van der Waals surface area contributed by atoms with Crippen LogP contribution in [-0.4, -0.2) is 11.7 Å². The Morgan fingerprint density at radius 3 is 1.81 bits per heavy atom. The first kappa shape index (κ1) is 15.7. The van der Waals surface area contributed by atoms with Crippen molar-refractivity contribution in [3.05, 3.63) is 12.2 Å². The van der Waals surface area contributed by atoms with E-state index in [1.807, 2.05) is 0 Å². The van der Waals surface area contributed by atoms with Gasteiger partial charge in [0.25, 0.3) is 0 Å². The summed E-state index contributed by atoms with van der Waals surface area (Å²) in [6.45, 7) is 4.81. The van der Waals surface area contributed by atoms with E-state index >= 15 is 0 Å². The van der Waals surface area contributed by atoms with Gasteiger partial charge in [-0.25, -0.2) is 0 Å². The molecule has 0 rings (SSSR count). The topological polar surface area (TPSA) is 20.2 Å². The van der Waals surface area contributed by atoms with E-state index in [4.69, 9.17) is 5.11 Å². The van der Waals surface area contributed by atoms with Crippen LogP contribution in [0.4, 0.5) is 0 Å². The Balaban J connectivity index is 2.99. The second-order valence-electron chi connectivity index (χ2n) is 5.01. The summed E-state index contributed by atoms with van der Waals surface area (Å²) in [7, 11) is 0. The normalized spacial score (nSPS) is 11.8. The third-order valence-electron chi connectivity index (χ3n) is 2.80. The Labute approximate surface area is 102 Å². The lowest BCUT2D eigenvalue weighted by atomic mass is 10.1. The van der Waals surface area contributed by atoms with E-state index in [0.717, 1.165) is 6.42 Å². The molecule has 0 saturated heterocycles. The maximum Gasteiger partial charge on any atom is 0.0431 e. The molecule has 0 fully saturated rings. The van der Waals surface area contributed by atoms with Crippen molar-refractivity contribution >= 4 is 0 Å². The molecule has 96 valence electrons. The minimum absolute atomic E-state index is 0.363. The van der Waals surface area contributed by atoms with Gasteiger partial charge in [0.15, 0.2) is 0 Å². The summed E-state index contributed by atoms with van der Waals surface area (Å²) in [6, 6.07) is 0. The molecular formula is C15H30O. The van der Waals surface area contributed by atoms with Crippen LogP contribution in [0.3, 0.4) is 0 Å². The highest BCUT2D eigenvalue weighted by Crippen LogP contribution is 2.10. The summed E-state index contributed by atoms with van der Waals surface area (Å²) >= 11 is 0. The molecule has 0 radical (unpaired) electrons. The maximum atomic E-state index is 8.62. The van der Waals surface area contributed by atoms with Crippen molar-refractivity contribution in [3.8, 4) is 0 Å². The summed E-state index contributed by atoms with van der Waals surface area (Å²) in [6.07, 6.45) is 16.2. The Bertz CT molecular complexity index is 150. The van der Waals surface area contributed by atoms with Crippen LogP contribution in [-0.2, 0) is 0 Å². The second kappa shape index (κ2) is 12.8. The summed E-state index contributed by atoms with van der Waals surface area (Å²) in [4.78, 5) is 0. The predicted molar refractivity (Wildman–Crippen MR) is 72.6 cm³/mol. The summed E-state index contributed by atoms with van der Waals surface area (Å²) in [5, 5.41) is 8.62. The van der Waals surface area contributed by atoms with Crippen LogP contribution in [0.15, 0.2) is 12.2 Å². The molecule has 0 aliphatic heterocycles. The van der Waals surface area contributed by atoms with E-state index in [1.54, 1.807) is 0 Å². The quantitative estimate of drug-likeness (QED) is 0.400. The van der Waals surface area contributed by atoms with Crippen LogP contribution in [0.2, 0.25) is 0 Å². The molecule has 1 heteroatoms. The first-order valence-corrected chi connectivity index (χ1v) is 7.05.